The molecule has 0 spiro atoms. The van der Waals surface area contributed by atoms with Crippen LogP contribution in [-0.4, -0.2) is 22.8 Å². The molecule has 0 amide bonds. The molecule has 0 unspecified atom stereocenters. The molecule has 0 saturated carbocycles. The zero-order valence-corrected chi connectivity index (χ0v) is 11.5. The molecule has 88 valence electrons. The van der Waals surface area contributed by atoms with E-state index in [1.54, 1.807) is 14.2 Å². The van der Waals surface area contributed by atoms with Crippen LogP contribution in [0.5, 0.6) is 0 Å². The normalized spacial score (nSPS) is 12.9. The summed E-state index contributed by atoms with van der Waals surface area (Å²) >= 11 is 0. The lowest BCUT2D eigenvalue weighted by atomic mass is 10.2. The summed E-state index contributed by atoms with van der Waals surface area (Å²) in [5, 5.41) is 1.21. The van der Waals surface area contributed by atoms with E-state index < -0.39 is 8.56 Å². The number of hydrogen-bond donors (Lipinski definition) is 0. The lowest BCUT2D eigenvalue weighted by Crippen LogP contribution is -2.41. The maximum absolute atomic E-state index is 5.62. The van der Waals surface area contributed by atoms with Crippen molar-refractivity contribution < 1.29 is 8.85 Å². The molecular weight excluding hydrogens is 216 g/mol. The fraction of sp³-hybridized carbons (Fsp3) is 0.385. The molecule has 0 saturated heterocycles. The Kier molecular flexibility index (Phi) is 4.93. The maximum Gasteiger partial charge on any atom is 0.367 e. The molecule has 0 atom stereocenters. The summed E-state index contributed by atoms with van der Waals surface area (Å²) < 4.78 is 11.2. The van der Waals surface area contributed by atoms with Crippen LogP contribution in [0.25, 0.3) is 6.08 Å². The SMILES string of the molecule is CC[Si](OC)(OC)/C(C)=C/c1ccccc1. The van der Waals surface area contributed by atoms with E-state index >= 15 is 0 Å². The van der Waals surface area contributed by atoms with Gasteiger partial charge in [0.25, 0.3) is 0 Å². The van der Waals surface area contributed by atoms with Gasteiger partial charge >= 0.3 is 8.56 Å². The standard InChI is InChI=1S/C13H20O2Si/c1-5-16(14-3,15-4)12(2)11-13-9-7-6-8-10-13/h6-11H,5H2,1-4H3/b12-11+. The highest BCUT2D eigenvalue weighted by Crippen LogP contribution is 2.23. The monoisotopic (exact) mass is 236 g/mol. The highest BCUT2D eigenvalue weighted by molar-refractivity contribution is 6.75. The minimum absolute atomic E-state index is 0.926. The third kappa shape index (κ3) is 2.81. The van der Waals surface area contributed by atoms with Gasteiger partial charge in [0.2, 0.25) is 0 Å². The summed E-state index contributed by atoms with van der Waals surface area (Å²) in [6, 6.07) is 11.2. The first-order chi connectivity index (χ1) is 7.68. The topological polar surface area (TPSA) is 18.5 Å². The molecule has 0 aliphatic carbocycles. The molecule has 0 fully saturated rings. The summed E-state index contributed by atoms with van der Waals surface area (Å²) in [6.07, 6.45) is 2.16. The Balaban J connectivity index is 2.99. The van der Waals surface area contributed by atoms with Crippen molar-refractivity contribution in [3.63, 3.8) is 0 Å². The molecule has 0 aliphatic heterocycles. The Morgan fingerprint density at radius 1 is 1.19 bits per heavy atom. The van der Waals surface area contributed by atoms with Crippen LogP contribution in [0.4, 0.5) is 0 Å². The first-order valence-corrected chi connectivity index (χ1v) is 7.55. The van der Waals surface area contributed by atoms with Gasteiger partial charge in [-0.05, 0) is 23.7 Å². The second-order valence-corrected chi connectivity index (χ2v) is 7.57. The first kappa shape index (κ1) is 13.2. The Labute approximate surface area is 99.2 Å². The van der Waals surface area contributed by atoms with Crippen molar-refractivity contribution in [3.05, 3.63) is 41.1 Å². The second kappa shape index (κ2) is 5.99. The van der Waals surface area contributed by atoms with Crippen LogP contribution in [0.2, 0.25) is 6.04 Å². The predicted molar refractivity (Wildman–Crippen MR) is 70.3 cm³/mol. The molecule has 0 N–H and O–H groups in total. The van der Waals surface area contributed by atoms with Crippen LogP contribution >= 0.6 is 0 Å². The highest BCUT2D eigenvalue weighted by atomic mass is 28.4. The van der Waals surface area contributed by atoms with Gasteiger partial charge in [-0.1, -0.05) is 43.3 Å². The zero-order chi connectivity index (χ0) is 12.0. The lowest BCUT2D eigenvalue weighted by molar-refractivity contribution is 0.254. The molecule has 3 heteroatoms. The van der Waals surface area contributed by atoms with Gasteiger partial charge in [0.05, 0.1) is 0 Å². The van der Waals surface area contributed by atoms with Crippen molar-refractivity contribution in [2.45, 2.75) is 19.9 Å². The van der Waals surface area contributed by atoms with Gasteiger partial charge in [-0.15, -0.1) is 0 Å². The molecule has 1 aromatic rings. The van der Waals surface area contributed by atoms with Crippen LogP contribution in [0.15, 0.2) is 35.5 Å². The first-order valence-electron chi connectivity index (χ1n) is 5.52. The largest absolute Gasteiger partial charge is 0.395 e. The fourth-order valence-corrected chi connectivity index (χ4v) is 4.21. The van der Waals surface area contributed by atoms with E-state index in [1.807, 2.05) is 18.2 Å². The number of rotatable bonds is 5. The molecule has 1 rings (SSSR count). The second-order valence-electron chi connectivity index (χ2n) is 3.75. The van der Waals surface area contributed by atoms with Gasteiger partial charge in [0.1, 0.15) is 0 Å². The third-order valence-electron chi connectivity index (χ3n) is 2.91. The van der Waals surface area contributed by atoms with E-state index in [2.05, 4.69) is 32.1 Å². The molecule has 16 heavy (non-hydrogen) atoms. The van der Waals surface area contributed by atoms with E-state index in [1.165, 1.54) is 10.8 Å². The third-order valence-corrected chi connectivity index (χ3v) is 6.50. The smallest absolute Gasteiger partial charge is 0.367 e. The van der Waals surface area contributed by atoms with Gasteiger partial charge in [0, 0.05) is 14.2 Å². The average molecular weight is 236 g/mol. The van der Waals surface area contributed by atoms with Crippen molar-refractivity contribution in [3.8, 4) is 0 Å². The summed E-state index contributed by atoms with van der Waals surface area (Å²) in [6.45, 7) is 4.21. The quantitative estimate of drug-likeness (QED) is 0.730. The Hall–Kier alpha value is -0.903. The predicted octanol–water partition coefficient (Wildman–Crippen LogP) is 3.38. The van der Waals surface area contributed by atoms with E-state index in [-0.39, 0.29) is 0 Å². The maximum atomic E-state index is 5.62. The van der Waals surface area contributed by atoms with Gasteiger partial charge in [-0.2, -0.15) is 0 Å². The van der Waals surface area contributed by atoms with Crippen LogP contribution in [-0.2, 0) is 8.85 Å². The lowest BCUT2D eigenvalue weighted by Gasteiger charge is -2.26. The molecule has 2 nitrogen and oxygen atoms in total. The van der Waals surface area contributed by atoms with E-state index in [0.717, 1.165) is 6.04 Å². The van der Waals surface area contributed by atoms with Crippen molar-refractivity contribution in [2.24, 2.45) is 0 Å². The van der Waals surface area contributed by atoms with Crippen molar-refractivity contribution in [1.82, 2.24) is 0 Å². The van der Waals surface area contributed by atoms with Crippen LogP contribution in [0.3, 0.4) is 0 Å². The van der Waals surface area contributed by atoms with Gasteiger partial charge in [-0.3, -0.25) is 0 Å². The molecular formula is C13H20O2Si. The summed E-state index contributed by atoms with van der Waals surface area (Å²) in [5.74, 6) is 0. The van der Waals surface area contributed by atoms with E-state index in [4.69, 9.17) is 8.85 Å². The molecule has 0 aliphatic rings. The summed E-state index contributed by atoms with van der Waals surface area (Å²) in [7, 11) is 1.33. The molecule has 0 aromatic heterocycles. The van der Waals surface area contributed by atoms with Gasteiger partial charge < -0.3 is 8.85 Å². The molecule has 0 radical (unpaired) electrons. The average Bonchev–Trinajstić information content (AvgIpc) is 2.33. The van der Waals surface area contributed by atoms with Crippen LogP contribution in [0.1, 0.15) is 19.4 Å². The van der Waals surface area contributed by atoms with Gasteiger partial charge in [0.15, 0.2) is 0 Å². The summed E-state index contributed by atoms with van der Waals surface area (Å²) in [4.78, 5) is 0. The Morgan fingerprint density at radius 2 is 1.75 bits per heavy atom. The molecule has 0 bridgehead atoms. The number of allylic oxidation sites excluding steroid dienone is 1. The van der Waals surface area contributed by atoms with E-state index in [0.29, 0.717) is 0 Å². The molecule has 0 heterocycles. The molecule has 1 aromatic carbocycles. The van der Waals surface area contributed by atoms with Crippen molar-refractivity contribution in [2.75, 3.05) is 14.2 Å². The summed E-state index contributed by atoms with van der Waals surface area (Å²) in [5.41, 5.74) is 1.19. The number of hydrogen-bond acceptors (Lipinski definition) is 2. The Morgan fingerprint density at radius 3 is 2.19 bits per heavy atom. The van der Waals surface area contributed by atoms with Crippen LogP contribution in [0, 0.1) is 0 Å². The van der Waals surface area contributed by atoms with Crippen molar-refractivity contribution >= 4 is 14.6 Å². The Bertz CT molecular complexity index is 334. The van der Waals surface area contributed by atoms with Crippen LogP contribution < -0.4 is 0 Å². The number of benzene rings is 1. The minimum Gasteiger partial charge on any atom is -0.395 e. The van der Waals surface area contributed by atoms with Crippen molar-refractivity contribution in [1.29, 1.82) is 0 Å². The minimum atomic E-state index is -2.14. The van der Waals surface area contributed by atoms with E-state index in [9.17, 15) is 0 Å². The highest BCUT2D eigenvalue weighted by Gasteiger charge is 2.35. The zero-order valence-electron chi connectivity index (χ0n) is 10.5. The van der Waals surface area contributed by atoms with Gasteiger partial charge in [-0.25, -0.2) is 0 Å². The fourth-order valence-electron chi connectivity index (χ4n) is 1.88.